The van der Waals surface area contributed by atoms with Crippen molar-refractivity contribution in [1.29, 1.82) is 0 Å². The normalized spacial score (nSPS) is 16.6. The monoisotopic (exact) mass is 371 g/mol. The molecule has 27 heavy (non-hydrogen) atoms. The molecule has 0 radical (unpaired) electrons. The Morgan fingerprint density at radius 1 is 1.26 bits per heavy atom. The van der Waals surface area contributed by atoms with Crippen molar-refractivity contribution in [3.05, 3.63) is 59.4 Å². The van der Waals surface area contributed by atoms with Crippen molar-refractivity contribution >= 4 is 17.6 Å². The Bertz CT molecular complexity index is 867. The SMILES string of the molecule is COc1ccc(CC(=O)O[C@@H](C)C(=O)N2c3ccccc3C[C@H]2C)cc1F. The van der Waals surface area contributed by atoms with Crippen LogP contribution in [0.5, 0.6) is 5.75 Å². The molecule has 0 spiro atoms. The summed E-state index contributed by atoms with van der Waals surface area (Å²) in [5.74, 6) is -1.28. The van der Waals surface area contributed by atoms with Crippen LogP contribution < -0.4 is 9.64 Å². The lowest BCUT2D eigenvalue weighted by molar-refractivity contribution is -0.153. The smallest absolute Gasteiger partial charge is 0.311 e. The summed E-state index contributed by atoms with van der Waals surface area (Å²) in [6.07, 6.45) is -0.271. The van der Waals surface area contributed by atoms with Crippen molar-refractivity contribution in [3.63, 3.8) is 0 Å². The van der Waals surface area contributed by atoms with Gasteiger partial charge in [0.15, 0.2) is 17.7 Å². The Labute approximate surface area is 157 Å². The van der Waals surface area contributed by atoms with E-state index in [1.54, 1.807) is 17.9 Å². The predicted octanol–water partition coefficient (Wildman–Crippen LogP) is 3.29. The summed E-state index contributed by atoms with van der Waals surface area (Å²) in [6, 6.07) is 12.0. The van der Waals surface area contributed by atoms with Crippen molar-refractivity contribution in [2.24, 2.45) is 0 Å². The van der Waals surface area contributed by atoms with Gasteiger partial charge in [-0.25, -0.2) is 4.39 Å². The molecule has 0 aliphatic carbocycles. The third-order valence-corrected chi connectivity index (χ3v) is 4.67. The van der Waals surface area contributed by atoms with Crippen molar-refractivity contribution in [3.8, 4) is 5.75 Å². The number of halogens is 1. The van der Waals surface area contributed by atoms with Gasteiger partial charge in [-0.2, -0.15) is 0 Å². The second kappa shape index (κ2) is 7.78. The quantitative estimate of drug-likeness (QED) is 0.757. The van der Waals surface area contributed by atoms with Crippen LogP contribution in [0.3, 0.4) is 0 Å². The minimum absolute atomic E-state index is 0.00624. The van der Waals surface area contributed by atoms with Crippen LogP contribution in [-0.2, 0) is 27.2 Å². The summed E-state index contributed by atoms with van der Waals surface area (Å²) < 4.78 is 23.9. The molecule has 0 saturated heterocycles. The van der Waals surface area contributed by atoms with Crippen LogP contribution in [0, 0.1) is 5.82 Å². The highest BCUT2D eigenvalue weighted by molar-refractivity contribution is 5.99. The predicted molar refractivity (Wildman–Crippen MR) is 99.3 cm³/mol. The maximum Gasteiger partial charge on any atom is 0.311 e. The van der Waals surface area contributed by atoms with Crippen LogP contribution in [0.4, 0.5) is 10.1 Å². The Kier molecular flexibility index (Phi) is 5.44. The van der Waals surface area contributed by atoms with E-state index in [-0.39, 0.29) is 24.1 Å². The Hall–Kier alpha value is -2.89. The summed E-state index contributed by atoms with van der Waals surface area (Å²) in [5.41, 5.74) is 2.42. The van der Waals surface area contributed by atoms with E-state index in [0.29, 0.717) is 5.56 Å². The van der Waals surface area contributed by atoms with Gasteiger partial charge in [0.1, 0.15) is 0 Å². The summed E-state index contributed by atoms with van der Waals surface area (Å²) >= 11 is 0. The van der Waals surface area contributed by atoms with Crippen LogP contribution in [0.15, 0.2) is 42.5 Å². The second-order valence-corrected chi connectivity index (χ2v) is 6.67. The molecule has 0 bridgehead atoms. The Balaban J connectivity index is 1.64. The molecular formula is C21H22FNO4. The molecule has 1 heterocycles. The van der Waals surface area contributed by atoms with Gasteiger partial charge in [-0.05, 0) is 49.6 Å². The number of fused-ring (bicyclic) bond motifs is 1. The van der Waals surface area contributed by atoms with Crippen molar-refractivity contribution in [2.75, 3.05) is 12.0 Å². The van der Waals surface area contributed by atoms with Crippen LogP contribution in [-0.4, -0.2) is 31.1 Å². The molecule has 1 aliphatic heterocycles. The largest absolute Gasteiger partial charge is 0.494 e. The lowest BCUT2D eigenvalue weighted by atomic mass is 10.1. The molecule has 1 amide bonds. The van der Waals surface area contributed by atoms with Gasteiger partial charge in [-0.1, -0.05) is 24.3 Å². The van der Waals surface area contributed by atoms with E-state index in [9.17, 15) is 14.0 Å². The number of rotatable bonds is 5. The first-order valence-corrected chi connectivity index (χ1v) is 8.83. The van der Waals surface area contributed by atoms with Crippen LogP contribution in [0.2, 0.25) is 0 Å². The number of hydrogen-bond acceptors (Lipinski definition) is 4. The van der Waals surface area contributed by atoms with Gasteiger partial charge in [0.2, 0.25) is 0 Å². The van der Waals surface area contributed by atoms with E-state index >= 15 is 0 Å². The first-order chi connectivity index (χ1) is 12.9. The second-order valence-electron chi connectivity index (χ2n) is 6.67. The number of hydrogen-bond donors (Lipinski definition) is 0. The average Bonchev–Trinajstić information content (AvgIpc) is 2.96. The van der Waals surface area contributed by atoms with Crippen molar-refractivity contribution in [1.82, 2.24) is 0 Å². The highest BCUT2D eigenvalue weighted by Crippen LogP contribution is 2.32. The van der Waals surface area contributed by atoms with Crippen molar-refractivity contribution < 1.29 is 23.5 Å². The zero-order chi connectivity index (χ0) is 19.6. The number of amides is 1. The molecule has 1 aliphatic rings. The van der Waals surface area contributed by atoms with Crippen LogP contribution >= 0.6 is 0 Å². The third kappa shape index (κ3) is 3.94. The first-order valence-electron chi connectivity index (χ1n) is 8.83. The topological polar surface area (TPSA) is 55.8 Å². The number of para-hydroxylation sites is 1. The summed E-state index contributed by atoms with van der Waals surface area (Å²) in [6.45, 7) is 3.52. The minimum Gasteiger partial charge on any atom is -0.494 e. The van der Waals surface area contributed by atoms with E-state index in [2.05, 4.69) is 0 Å². The fourth-order valence-corrected chi connectivity index (χ4v) is 3.37. The van der Waals surface area contributed by atoms with E-state index in [1.165, 1.54) is 19.2 Å². The van der Waals surface area contributed by atoms with Gasteiger partial charge in [0, 0.05) is 11.7 Å². The van der Waals surface area contributed by atoms with Crippen LogP contribution in [0.1, 0.15) is 25.0 Å². The number of nitrogens with zero attached hydrogens (tertiary/aromatic N) is 1. The van der Waals surface area contributed by atoms with Gasteiger partial charge < -0.3 is 14.4 Å². The van der Waals surface area contributed by atoms with Gasteiger partial charge >= 0.3 is 5.97 Å². The van der Waals surface area contributed by atoms with Gasteiger partial charge in [-0.15, -0.1) is 0 Å². The maximum absolute atomic E-state index is 13.7. The standard InChI is InChI=1S/C21H22FNO4/c1-13-10-16-6-4-5-7-18(16)23(13)21(25)14(2)27-20(24)12-15-8-9-19(26-3)17(22)11-15/h4-9,11,13-14H,10,12H2,1-3H3/t13-,14+/m1/s1. The molecule has 0 aromatic heterocycles. The average molecular weight is 371 g/mol. The fraction of sp³-hybridized carbons (Fsp3) is 0.333. The number of carbonyl (C=O) groups excluding carboxylic acids is 2. The Morgan fingerprint density at radius 2 is 2.00 bits per heavy atom. The van der Waals surface area contributed by atoms with E-state index in [1.807, 2.05) is 31.2 Å². The lowest BCUT2D eigenvalue weighted by Gasteiger charge is -2.26. The molecule has 0 fully saturated rings. The van der Waals surface area contributed by atoms with E-state index in [4.69, 9.17) is 9.47 Å². The molecule has 0 N–H and O–H groups in total. The first kappa shape index (κ1) is 18.9. The molecule has 0 unspecified atom stereocenters. The molecule has 5 nitrogen and oxygen atoms in total. The molecule has 3 rings (SSSR count). The lowest BCUT2D eigenvalue weighted by Crippen LogP contribution is -2.43. The van der Waals surface area contributed by atoms with Gasteiger partial charge in [0.05, 0.1) is 13.5 Å². The summed E-state index contributed by atoms with van der Waals surface area (Å²) in [5, 5.41) is 0. The third-order valence-electron chi connectivity index (χ3n) is 4.67. The molecule has 142 valence electrons. The van der Waals surface area contributed by atoms with Crippen LogP contribution in [0.25, 0.3) is 0 Å². The summed E-state index contributed by atoms with van der Waals surface area (Å²) in [7, 11) is 1.37. The van der Waals surface area contributed by atoms with Crippen molar-refractivity contribution in [2.45, 2.75) is 38.8 Å². The number of ether oxygens (including phenoxy) is 2. The highest BCUT2D eigenvalue weighted by atomic mass is 19.1. The minimum atomic E-state index is -0.922. The van der Waals surface area contributed by atoms with E-state index < -0.39 is 17.9 Å². The van der Waals surface area contributed by atoms with E-state index in [0.717, 1.165) is 17.7 Å². The van der Waals surface area contributed by atoms with Gasteiger partial charge in [-0.3, -0.25) is 9.59 Å². The highest BCUT2D eigenvalue weighted by Gasteiger charge is 2.34. The maximum atomic E-state index is 13.7. The zero-order valence-corrected chi connectivity index (χ0v) is 15.6. The molecule has 2 aromatic carbocycles. The van der Waals surface area contributed by atoms with Gasteiger partial charge in [0.25, 0.3) is 5.91 Å². The Morgan fingerprint density at radius 3 is 2.70 bits per heavy atom. The number of methoxy groups -OCH3 is 1. The number of anilines is 1. The fourth-order valence-electron chi connectivity index (χ4n) is 3.37. The molecule has 2 atom stereocenters. The zero-order valence-electron chi connectivity index (χ0n) is 15.6. The molecule has 2 aromatic rings. The number of esters is 1. The molecule has 6 heteroatoms. The number of benzene rings is 2. The molecular weight excluding hydrogens is 349 g/mol. The summed E-state index contributed by atoms with van der Waals surface area (Å²) in [4.78, 5) is 26.7. The molecule has 0 saturated carbocycles. The number of carbonyl (C=O) groups is 2.